The number of nitrogens with one attached hydrogen (secondary N) is 1. The van der Waals surface area contributed by atoms with Crippen molar-refractivity contribution < 1.29 is 14.0 Å². The summed E-state index contributed by atoms with van der Waals surface area (Å²) in [5.74, 6) is -0.116. The number of H-pyrrole nitrogens is 1. The average molecular weight is 346 g/mol. The van der Waals surface area contributed by atoms with Gasteiger partial charge >= 0.3 is 5.69 Å². The lowest BCUT2D eigenvalue weighted by Gasteiger charge is -2.07. The average Bonchev–Trinajstić information content (AvgIpc) is 3.03. The topological polar surface area (TPSA) is 114 Å². The van der Waals surface area contributed by atoms with Gasteiger partial charge in [0.1, 0.15) is 12.4 Å². The van der Waals surface area contributed by atoms with Gasteiger partial charge in [0.15, 0.2) is 5.82 Å². The number of hydrogen-bond donors (Lipinski definition) is 2. The predicted octanol–water partition coefficient (Wildman–Crippen LogP) is 0.692. The molecule has 0 radical (unpaired) electrons. The van der Waals surface area contributed by atoms with Gasteiger partial charge in [-0.2, -0.15) is 4.98 Å². The summed E-state index contributed by atoms with van der Waals surface area (Å²) in [4.78, 5) is 30.2. The quantitative estimate of drug-likeness (QED) is 0.703. The summed E-state index contributed by atoms with van der Waals surface area (Å²) < 4.78 is 18.9. The monoisotopic (exact) mass is 346 g/mol. The molecule has 2 N–H and O–H groups in total. The maximum atomic E-state index is 12.9. The van der Waals surface area contributed by atoms with E-state index in [4.69, 9.17) is 4.52 Å². The zero-order valence-corrected chi connectivity index (χ0v) is 13.3. The second kappa shape index (κ2) is 6.81. The van der Waals surface area contributed by atoms with Crippen molar-refractivity contribution in [3.05, 3.63) is 80.0 Å². The highest BCUT2D eigenvalue weighted by atomic mass is 19.1. The molecule has 1 aromatic carbocycles. The SMILES string of the molecule is Cc1c[nH]c(=O)n(Cc2nc(C[C@H](O)c3ccc(F)cc3)no2)c1=O. The lowest BCUT2D eigenvalue weighted by molar-refractivity contribution is 0.174. The minimum absolute atomic E-state index is 0.0498. The van der Waals surface area contributed by atoms with Gasteiger partial charge in [-0.25, -0.2) is 9.18 Å². The van der Waals surface area contributed by atoms with Crippen molar-refractivity contribution >= 4 is 0 Å². The third-order valence-corrected chi connectivity index (χ3v) is 3.67. The van der Waals surface area contributed by atoms with Crippen LogP contribution in [-0.2, 0) is 13.0 Å². The third-order valence-electron chi connectivity index (χ3n) is 3.67. The van der Waals surface area contributed by atoms with Crippen molar-refractivity contribution in [2.45, 2.75) is 26.0 Å². The van der Waals surface area contributed by atoms with Crippen LogP contribution in [0, 0.1) is 12.7 Å². The molecule has 2 aromatic heterocycles. The predicted molar refractivity (Wildman–Crippen MR) is 84.5 cm³/mol. The molecule has 3 aromatic rings. The fourth-order valence-electron chi connectivity index (χ4n) is 2.31. The smallest absolute Gasteiger partial charge is 0.328 e. The Hall–Kier alpha value is -3.07. The highest BCUT2D eigenvalue weighted by Gasteiger charge is 2.15. The Bertz CT molecular complexity index is 990. The van der Waals surface area contributed by atoms with Crippen LogP contribution < -0.4 is 11.2 Å². The molecule has 0 spiro atoms. The summed E-state index contributed by atoms with van der Waals surface area (Å²) in [5, 5.41) is 13.9. The number of aliphatic hydroxyl groups excluding tert-OH is 1. The van der Waals surface area contributed by atoms with E-state index in [-0.39, 0.29) is 24.7 Å². The first-order valence-corrected chi connectivity index (χ1v) is 7.48. The molecular formula is C16H15FN4O4. The number of rotatable bonds is 5. The van der Waals surface area contributed by atoms with Gasteiger partial charge < -0.3 is 14.6 Å². The molecule has 0 saturated carbocycles. The molecule has 130 valence electrons. The Morgan fingerprint density at radius 3 is 2.76 bits per heavy atom. The van der Waals surface area contributed by atoms with E-state index < -0.39 is 23.2 Å². The summed E-state index contributed by atoms with van der Waals surface area (Å²) in [6, 6.07) is 5.42. The van der Waals surface area contributed by atoms with Crippen molar-refractivity contribution in [3.63, 3.8) is 0 Å². The fourth-order valence-corrected chi connectivity index (χ4v) is 2.31. The Labute approximate surface area is 140 Å². The molecule has 0 saturated heterocycles. The third kappa shape index (κ3) is 3.72. The number of aliphatic hydroxyl groups is 1. The van der Waals surface area contributed by atoms with Crippen molar-refractivity contribution in [1.82, 2.24) is 19.7 Å². The zero-order valence-electron chi connectivity index (χ0n) is 13.3. The van der Waals surface area contributed by atoms with Gasteiger partial charge in [0.25, 0.3) is 5.56 Å². The van der Waals surface area contributed by atoms with Crippen LogP contribution in [0.2, 0.25) is 0 Å². The highest BCUT2D eigenvalue weighted by molar-refractivity contribution is 5.19. The van der Waals surface area contributed by atoms with Gasteiger partial charge in [0.2, 0.25) is 5.89 Å². The Morgan fingerprint density at radius 2 is 2.04 bits per heavy atom. The summed E-state index contributed by atoms with van der Waals surface area (Å²) in [6.45, 7) is 1.41. The Kier molecular flexibility index (Phi) is 4.57. The Morgan fingerprint density at radius 1 is 1.32 bits per heavy atom. The molecule has 2 heterocycles. The lowest BCUT2D eigenvalue weighted by Crippen LogP contribution is -2.36. The molecule has 0 aliphatic carbocycles. The van der Waals surface area contributed by atoms with Gasteiger partial charge in [-0.15, -0.1) is 0 Å². The number of halogens is 1. The normalized spacial score (nSPS) is 12.3. The van der Waals surface area contributed by atoms with E-state index in [0.29, 0.717) is 11.1 Å². The van der Waals surface area contributed by atoms with E-state index in [2.05, 4.69) is 15.1 Å². The van der Waals surface area contributed by atoms with Crippen LogP contribution >= 0.6 is 0 Å². The molecule has 0 fully saturated rings. The minimum atomic E-state index is -0.934. The summed E-state index contributed by atoms with van der Waals surface area (Å²) in [5.41, 5.74) is -0.137. The molecule has 3 rings (SSSR count). The molecule has 0 aliphatic heterocycles. The fraction of sp³-hybridized carbons (Fsp3) is 0.250. The van der Waals surface area contributed by atoms with Gasteiger partial charge in [-0.3, -0.25) is 9.36 Å². The van der Waals surface area contributed by atoms with Crippen LogP contribution in [-0.4, -0.2) is 24.8 Å². The Balaban J connectivity index is 1.75. The molecule has 25 heavy (non-hydrogen) atoms. The molecular weight excluding hydrogens is 331 g/mol. The first-order valence-electron chi connectivity index (χ1n) is 7.48. The zero-order chi connectivity index (χ0) is 18.0. The lowest BCUT2D eigenvalue weighted by atomic mass is 10.1. The first-order chi connectivity index (χ1) is 11.9. The first kappa shape index (κ1) is 16.8. The van der Waals surface area contributed by atoms with Crippen molar-refractivity contribution in [2.24, 2.45) is 0 Å². The van der Waals surface area contributed by atoms with Crippen molar-refractivity contribution in [3.8, 4) is 0 Å². The molecule has 1 atom stereocenters. The van der Waals surface area contributed by atoms with Crippen molar-refractivity contribution in [1.29, 1.82) is 0 Å². The van der Waals surface area contributed by atoms with E-state index in [9.17, 15) is 19.1 Å². The molecule has 0 aliphatic rings. The number of aromatic nitrogens is 4. The van der Waals surface area contributed by atoms with Gasteiger partial charge in [-0.1, -0.05) is 17.3 Å². The summed E-state index contributed by atoms with van der Waals surface area (Å²) in [6.07, 6.45) is 0.448. The minimum Gasteiger partial charge on any atom is -0.388 e. The molecule has 0 bridgehead atoms. The number of benzene rings is 1. The van der Waals surface area contributed by atoms with E-state index in [0.717, 1.165) is 4.57 Å². The van der Waals surface area contributed by atoms with Crippen molar-refractivity contribution in [2.75, 3.05) is 0 Å². The number of aromatic amines is 1. The standard InChI is InChI=1S/C16H15FN4O4/c1-9-7-18-16(24)21(15(9)23)8-14-19-13(20-25-14)6-12(22)10-2-4-11(17)5-3-10/h2-5,7,12,22H,6,8H2,1H3,(H,18,24)/t12-/m0/s1. The number of hydrogen-bond acceptors (Lipinski definition) is 6. The van der Waals surface area contributed by atoms with Crippen LogP contribution in [0.5, 0.6) is 0 Å². The van der Waals surface area contributed by atoms with Crippen LogP contribution in [0.4, 0.5) is 4.39 Å². The number of nitrogens with zero attached hydrogens (tertiary/aromatic N) is 3. The van der Waals surface area contributed by atoms with Gasteiger partial charge in [-0.05, 0) is 24.6 Å². The molecule has 8 nitrogen and oxygen atoms in total. The number of aryl methyl sites for hydroxylation is 1. The molecule has 0 unspecified atom stereocenters. The van der Waals surface area contributed by atoms with E-state index >= 15 is 0 Å². The van der Waals surface area contributed by atoms with Gasteiger partial charge in [0, 0.05) is 18.2 Å². The van der Waals surface area contributed by atoms with Crippen LogP contribution in [0.3, 0.4) is 0 Å². The van der Waals surface area contributed by atoms with E-state index in [1.165, 1.54) is 30.5 Å². The summed E-state index contributed by atoms with van der Waals surface area (Å²) >= 11 is 0. The highest BCUT2D eigenvalue weighted by Crippen LogP contribution is 2.17. The summed E-state index contributed by atoms with van der Waals surface area (Å²) in [7, 11) is 0. The molecule has 0 amide bonds. The van der Waals surface area contributed by atoms with Gasteiger partial charge in [0.05, 0.1) is 6.10 Å². The van der Waals surface area contributed by atoms with E-state index in [1.807, 2.05) is 0 Å². The second-order valence-corrected chi connectivity index (χ2v) is 5.54. The van der Waals surface area contributed by atoms with Crippen LogP contribution in [0.25, 0.3) is 0 Å². The van der Waals surface area contributed by atoms with Crippen LogP contribution in [0.15, 0.2) is 44.6 Å². The largest absolute Gasteiger partial charge is 0.388 e. The molecule has 9 heteroatoms. The maximum absolute atomic E-state index is 12.9. The second-order valence-electron chi connectivity index (χ2n) is 5.54. The van der Waals surface area contributed by atoms with Crippen LogP contribution in [0.1, 0.15) is 28.9 Å². The maximum Gasteiger partial charge on any atom is 0.328 e. The van der Waals surface area contributed by atoms with E-state index in [1.54, 1.807) is 6.92 Å².